The molecule has 2 aliphatic carbocycles. The Kier molecular flexibility index (Phi) is 5.32. The molecule has 1 amide bonds. The summed E-state index contributed by atoms with van der Waals surface area (Å²) in [7, 11) is 0. The molecule has 3 nitrogen and oxygen atoms in total. The zero-order valence-electron chi connectivity index (χ0n) is 14.2. The Labute approximate surface area is 150 Å². The van der Waals surface area contributed by atoms with Gasteiger partial charge in [0.05, 0.1) is 0 Å². The van der Waals surface area contributed by atoms with E-state index in [1.165, 1.54) is 11.1 Å². The number of carbonyl (C=O) groups excluding carboxylic acids is 1. The number of nitrogens with one attached hydrogen (secondary N) is 1. The second-order valence-corrected chi connectivity index (χ2v) is 6.78. The third-order valence-electron chi connectivity index (χ3n) is 4.73. The van der Waals surface area contributed by atoms with Crippen molar-refractivity contribution in [2.24, 2.45) is 5.73 Å². The molecule has 2 aliphatic rings. The minimum atomic E-state index is -4.80. The molecule has 2 aromatic rings. The maximum atomic E-state index is 12.0. The Bertz CT molecular complexity index is 739. The quantitative estimate of drug-likeness (QED) is 0.820. The van der Waals surface area contributed by atoms with Crippen LogP contribution in [0, 0.1) is 0 Å². The molecule has 0 unspecified atom stereocenters. The predicted molar refractivity (Wildman–Crippen MR) is 93.7 cm³/mol. The average Bonchev–Trinajstić information content (AvgIpc) is 3.15. The van der Waals surface area contributed by atoms with E-state index in [0.29, 0.717) is 18.9 Å². The number of fused-ring (bicyclic) bond motifs is 2. The minimum absolute atomic E-state index is 0.373. The van der Waals surface area contributed by atoms with Crippen LogP contribution in [0.15, 0.2) is 48.5 Å². The molecule has 0 aromatic heterocycles. The highest BCUT2D eigenvalue weighted by atomic mass is 19.4. The van der Waals surface area contributed by atoms with Crippen LogP contribution in [0.5, 0.6) is 0 Å². The first-order chi connectivity index (χ1) is 12.3. The number of amides is 1. The van der Waals surface area contributed by atoms with Crippen molar-refractivity contribution in [3.8, 4) is 0 Å². The van der Waals surface area contributed by atoms with Crippen molar-refractivity contribution >= 4 is 5.91 Å². The fourth-order valence-corrected chi connectivity index (χ4v) is 3.52. The van der Waals surface area contributed by atoms with Crippen LogP contribution in [0.1, 0.15) is 22.3 Å². The first-order valence-electron chi connectivity index (χ1n) is 8.59. The molecule has 0 bridgehead atoms. The highest BCUT2D eigenvalue weighted by Crippen LogP contribution is 2.23. The second kappa shape index (κ2) is 7.50. The van der Waals surface area contributed by atoms with Crippen molar-refractivity contribution in [1.29, 1.82) is 0 Å². The maximum absolute atomic E-state index is 12.0. The van der Waals surface area contributed by atoms with Crippen molar-refractivity contribution in [2.45, 2.75) is 43.9 Å². The highest BCUT2D eigenvalue weighted by Gasteiger charge is 2.40. The van der Waals surface area contributed by atoms with Crippen molar-refractivity contribution in [3.63, 3.8) is 0 Å². The fraction of sp³-hybridized carbons (Fsp3) is 0.350. The molecule has 0 aliphatic heterocycles. The van der Waals surface area contributed by atoms with E-state index in [0.717, 1.165) is 24.0 Å². The van der Waals surface area contributed by atoms with Crippen LogP contribution in [0.25, 0.3) is 0 Å². The third-order valence-corrected chi connectivity index (χ3v) is 4.73. The summed E-state index contributed by atoms with van der Waals surface area (Å²) in [5.41, 5.74) is 10.7. The van der Waals surface area contributed by atoms with E-state index in [1.807, 2.05) is 29.6 Å². The van der Waals surface area contributed by atoms with Crippen LogP contribution in [0.4, 0.5) is 13.2 Å². The predicted octanol–water partition coefficient (Wildman–Crippen LogP) is 2.94. The molecule has 0 saturated heterocycles. The summed E-state index contributed by atoms with van der Waals surface area (Å²) < 4.78 is 36.1. The molecule has 6 heteroatoms. The van der Waals surface area contributed by atoms with Crippen molar-refractivity contribution in [2.75, 3.05) is 0 Å². The van der Waals surface area contributed by atoms with Crippen LogP contribution < -0.4 is 11.1 Å². The van der Waals surface area contributed by atoms with Crippen LogP contribution in [0.3, 0.4) is 0 Å². The van der Waals surface area contributed by atoms with Crippen LogP contribution in [0.2, 0.25) is 0 Å². The Morgan fingerprint density at radius 3 is 1.62 bits per heavy atom. The molecular formula is C20H21F3N2O. The van der Waals surface area contributed by atoms with Gasteiger partial charge in [-0.05, 0) is 47.9 Å². The zero-order chi connectivity index (χ0) is 18.7. The highest BCUT2D eigenvalue weighted by molar-refractivity contribution is 5.82. The summed E-state index contributed by atoms with van der Waals surface area (Å²) in [5.74, 6) is -1.86. The molecular weight excluding hydrogens is 341 g/mol. The molecule has 0 heterocycles. The summed E-state index contributed by atoms with van der Waals surface area (Å²) in [6.45, 7) is 0. The SMILES string of the molecule is NC1Cc2ccccc2C1.O=C(NC1Cc2ccccc2C1)C(F)(F)F. The second-order valence-electron chi connectivity index (χ2n) is 6.78. The summed E-state index contributed by atoms with van der Waals surface area (Å²) in [6, 6.07) is 15.9. The first kappa shape index (κ1) is 18.5. The number of hydrogen-bond acceptors (Lipinski definition) is 2. The van der Waals surface area contributed by atoms with Gasteiger partial charge in [0.1, 0.15) is 0 Å². The maximum Gasteiger partial charge on any atom is 0.471 e. The molecule has 3 N–H and O–H groups in total. The van der Waals surface area contributed by atoms with E-state index >= 15 is 0 Å². The van der Waals surface area contributed by atoms with Gasteiger partial charge < -0.3 is 11.1 Å². The third kappa shape index (κ3) is 4.43. The number of hydrogen-bond donors (Lipinski definition) is 2. The monoisotopic (exact) mass is 362 g/mol. The molecule has 0 radical (unpaired) electrons. The number of halogens is 3. The number of rotatable bonds is 1. The normalized spacial score (nSPS) is 16.5. The Morgan fingerprint density at radius 1 is 0.846 bits per heavy atom. The molecule has 0 fully saturated rings. The largest absolute Gasteiger partial charge is 0.471 e. The molecule has 26 heavy (non-hydrogen) atoms. The van der Waals surface area contributed by atoms with Gasteiger partial charge in [0.15, 0.2) is 0 Å². The molecule has 0 spiro atoms. The minimum Gasteiger partial charge on any atom is -0.345 e. The standard InChI is InChI=1S/C11H10F3NO.C9H11N/c12-11(13,14)10(16)15-9-5-7-3-1-2-4-8(7)6-9;10-9-5-7-3-1-2-4-8(7)6-9/h1-4,9H,5-6H2,(H,15,16);1-4,9H,5-6,10H2. The molecule has 2 aromatic carbocycles. The Morgan fingerprint density at radius 2 is 1.23 bits per heavy atom. The molecule has 0 saturated carbocycles. The van der Waals surface area contributed by atoms with Gasteiger partial charge in [-0.1, -0.05) is 48.5 Å². The van der Waals surface area contributed by atoms with E-state index < -0.39 is 18.1 Å². The van der Waals surface area contributed by atoms with E-state index in [-0.39, 0.29) is 0 Å². The topological polar surface area (TPSA) is 55.1 Å². The molecule has 138 valence electrons. The van der Waals surface area contributed by atoms with Gasteiger partial charge in [-0.25, -0.2) is 0 Å². The molecule has 0 atom stereocenters. The van der Waals surface area contributed by atoms with Crippen LogP contribution in [-0.4, -0.2) is 24.2 Å². The van der Waals surface area contributed by atoms with Gasteiger partial charge in [0, 0.05) is 12.1 Å². The lowest BCUT2D eigenvalue weighted by Gasteiger charge is -2.13. The number of carbonyl (C=O) groups is 1. The van der Waals surface area contributed by atoms with Crippen LogP contribution in [-0.2, 0) is 30.5 Å². The van der Waals surface area contributed by atoms with E-state index in [4.69, 9.17) is 5.73 Å². The lowest BCUT2D eigenvalue weighted by atomic mass is 10.1. The smallest absolute Gasteiger partial charge is 0.345 e. The van der Waals surface area contributed by atoms with Gasteiger partial charge in [-0.3, -0.25) is 4.79 Å². The van der Waals surface area contributed by atoms with Gasteiger partial charge in [0.2, 0.25) is 0 Å². The Hall–Kier alpha value is -2.34. The van der Waals surface area contributed by atoms with Crippen molar-refractivity contribution < 1.29 is 18.0 Å². The summed E-state index contributed by atoms with van der Waals surface area (Å²) in [4.78, 5) is 10.7. The van der Waals surface area contributed by atoms with Gasteiger partial charge >= 0.3 is 12.1 Å². The van der Waals surface area contributed by atoms with Gasteiger partial charge in [0.25, 0.3) is 0 Å². The summed E-state index contributed by atoms with van der Waals surface area (Å²) >= 11 is 0. The van der Waals surface area contributed by atoms with Crippen molar-refractivity contribution in [3.05, 3.63) is 70.8 Å². The first-order valence-corrected chi connectivity index (χ1v) is 8.59. The molecule has 4 rings (SSSR count). The van der Waals surface area contributed by atoms with E-state index in [9.17, 15) is 18.0 Å². The van der Waals surface area contributed by atoms with E-state index in [1.54, 1.807) is 0 Å². The number of alkyl halides is 3. The van der Waals surface area contributed by atoms with Gasteiger partial charge in [-0.2, -0.15) is 13.2 Å². The van der Waals surface area contributed by atoms with Crippen LogP contribution >= 0.6 is 0 Å². The van der Waals surface area contributed by atoms with E-state index in [2.05, 4.69) is 24.3 Å². The number of nitrogens with two attached hydrogens (primary N) is 1. The summed E-state index contributed by atoms with van der Waals surface area (Å²) in [5, 5.41) is 2.00. The lowest BCUT2D eigenvalue weighted by Crippen LogP contribution is -2.43. The summed E-state index contributed by atoms with van der Waals surface area (Å²) in [6.07, 6.45) is -1.73. The van der Waals surface area contributed by atoms with Crippen molar-refractivity contribution in [1.82, 2.24) is 5.32 Å². The zero-order valence-corrected chi connectivity index (χ0v) is 14.2. The fourth-order valence-electron chi connectivity index (χ4n) is 3.52. The van der Waals surface area contributed by atoms with Gasteiger partial charge in [-0.15, -0.1) is 0 Å². The lowest BCUT2D eigenvalue weighted by molar-refractivity contribution is -0.174. The number of benzene rings is 2. The average molecular weight is 362 g/mol. The Balaban J connectivity index is 0.000000167.